The van der Waals surface area contributed by atoms with Gasteiger partial charge >= 0.3 is 0 Å². The predicted molar refractivity (Wildman–Crippen MR) is 101 cm³/mol. The minimum absolute atomic E-state index is 0.0311. The van der Waals surface area contributed by atoms with Crippen LogP contribution in [-0.2, 0) is 0 Å². The maximum atomic E-state index is 12.2. The van der Waals surface area contributed by atoms with Crippen molar-refractivity contribution in [2.24, 2.45) is 5.10 Å². The molecule has 9 nitrogen and oxygen atoms in total. The third-order valence-corrected chi connectivity index (χ3v) is 4.86. The van der Waals surface area contributed by atoms with Crippen LogP contribution in [0.25, 0.3) is 10.1 Å². The van der Waals surface area contributed by atoms with E-state index in [2.05, 4.69) is 10.5 Å². The number of carbonyl (C=O) groups is 1. The van der Waals surface area contributed by atoms with Crippen LogP contribution in [0.3, 0.4) is 0 Å². The van der Waals surface area contributed by atoms with Gasteiger partial charge in [0, 0.05) is 39.4 Å². The highest BCUT2D eigenvalue weighted by molar-refractivity contribution is 7.20. The van der Waals surface area contributed by atoms with E-state index < -0.39 is 15.8 Å². The molecule has 10 heteroatoms. The Bertz CT molecular complexity index is 1110. The third-order valence-electron chi connectivity index (χ3n) is 3.74. The Hall–Kier alpha value is -3.66. The van der Waals surface area contributed by atoms with Crippen LogP contribution in [0.2, 0.25) is 0 Å². The lowest BCUT2D eigenvalue weighted by molar-refractivity contribution is -0.385. The molecule has 0 aliphatic rings. The Kier molecular flexibility index (Phi) is 4.90. The van der Waals surface area contributed by atoms with Crippen LogP contribution in [0.4, 0.5) is 11.4 Å². The molecule has 0 aliphatic heterocycles. The maximum absolute atomic E-state index is 12.2. The topological polar surface area (TPSA) is 128 Å². The van der Waals surface area contributed by atoms with Crippen LogP contribution >= 0.6 is 11.3 Å². The smallest absolute Gasteiger partial charge is 0.266 e. The van der Waals surface area contributed by atoms with Gasteiger partial charge in [0.1, 0.15) is 0 Å². The first kappa shape index (κ1) is 18.1. The molecule has 0 aliphatic carbocycles. The summed E-state index contributed by atoms with van der Waals surface area (Å²) in [6, 6.07) is 10.5. The van der Waals surface area contributed by atoms with Gasteiger partial charge in [-0.3, -0.25) is 25.0 Å². The summed E-state index contributed by atoms with van der Waals surface area (Å²) in [5.74, 6) is -0.475. The Morgan fingerprint density at radius 1 is 1.11 bits per heavy atom. The van der Waals surface area contributed by atoms with E-state index in [4.69, 9.17) is 0 Å². The summed E-state index contributed by atoms with van der Waals surface area (Å²) < 4.78 is 0.740. The monoisotopic (exact) mass is 384 g/mol. The molecule has 0 fully saturated rings. The maximum Gasteiger partial charge on any atom is 0.281 e. The minimum Gasteiger partial charge on any atom is -0.266 e. The molecule has 0 unspecified atom stereocenters. The lowest BCUT2D eigenvalue weighted by atomic mass is 10.1. The largest absolute Gasteiger partial charge is 0.281 e. The number of thiophene rings is 1. The molecule has 27 heavy (non-hydrogen) atoms. The zero-order valence-electron chi connectivity index (χ0n) is 13.9. The quantitative estimate of drug-likeness (QED) is 0.406. The number of fused-ring (bicyclic) bond motifs is 1. The van der Waals surface area contributed by atoms with Crippen molar-refractivity contribution in [1.29, 1.82) is 0 Å². The van der Waals surface area contributed by atoms with E-state index in [1.54, 1.807) is 31.2 Å². The van der Waals surface area contributed by atoms with Gasteiger partial charge in [0.2, 0.25) is 0 Å². The summed E-state index contributed by atoms with van der Waals surface area (Å²) in [6.45, 7) is 1.63. The highest BCUT2D eigenvalue weighted by atomic mass is 32.1. The first-order valence-corrected chi connectivity index (χ1v) is 8.43. The molecular formula is C17H12N4O5S. The summed E-state index contributed by atoms with van der Waals surface area (Å²) in [5, 5.41) is 26.2. The average Bonchev–Trinajstić information content (AvgIpc) is 3.06. The zero-order valence-corrected chi connectivity index (χ0v) is 14.7. The van der Waals surface area contributed by atoms with E-state index in [-0.39, 0.29) is 11.4 Å². The number of nitro groups is 2. The van der Waals surface area contributed by atoms with E-state index in [0.717, 1.165) is 4.70 Å². The summed E-state index contributed by atoms with van der Waals surface area (Å²) in [5.41, 5.74) is 3.27. The fourth-order valence-electron chi connectivity index (χ4n) is 2.38. The lowest BCUT2D eigenvalue weighted by Gasteiger charge is -1.99. The van der Waals surface area contributed by atoms with Crippen LogP contribution in [0, 0.1) is 27.2 Å². The standard InChI is InChI=1S/C17H12N4O5S/c1-10-2-3-11(6-14(10)21(25)26)9-18-19-17(22)16-8-12-7-13(20(23)24)4-5-15(12)27-16/h2-9H,1H3,(H,19,22)/b18-9-. The molecule has 136 valence electrons. The van der Waals surface area contributed by atoms with Gasteiger partial charge in [0.15, 0.2) is 0 Å². The molecule has 1 amide bonds. The highest BCUT2D eigenvalue weighted by Crippen LogP contribution is 2.28. The van der Waals surface area contributed by atoms with Crippen molar-refractivity contribution in [2.75, 3.05) is 0 Å². The molecule has 1 N–H and O–H groups in total. The van der Waals surface area contributed by atoms with E-state index in [9.17, 15) is 25.0 Å². The second kappa shape index (κ2) is 7.30. The molecular weight excluding hydrogens is 372 g/mol. The molecule has 0 spiro atoms. The van der Waals surface area contributed by atoms with E-state index in [1.807, 2.05) is 0 Å². The number of rotatable bonds is 5. The van der Waals surface area contributed by atoms with Crippen molar-refractivity contribution in [3.8, 4) is 0 Å². The van der Waals surface area contributed by atoms with Gasteiger partial charge in [-0.25, -0.2) is 5.43 Å². The fraction of sp³-hybridized carbons (Fsp3) is 0.0588. The average molecular weight is 384 g/mol. The predicted octanol–water partition coefficient (Wildman–Crippen LogP) is 3.79. The number of nitrogens with one attached hydrogen (secondary N) is 1. The number of benzene rings is 2. The van der Waals surface area contributed by atoms with Gasteiger partial charge < -0.3 is 0 Å². The first-order chi connectivity index (χ1) is 12.8. The van der Waals surface area contributed by atoms with Gasteiger partial charge in [-0.05, 0) is 19.1 Å². The first-order valence-electron chi connectivity index (χ1n) is 7.61. The molecule has 1 aromatic heterocycles. The number of hydrogen-bond acceptors (Lipinski definition) is 7. The molecule has 0 saturated carbocycles. The SMILES string of the molecule is Cc1ccc(/C=N\NC(=O)c2cc3cc([N+](=O)[O-])ccc3s2)cc1[N+](=O)[O-]. The Morgan fingerprint density at radius 2 is 1.89 bits per heavy atom. The molecule has 1 heterocycles. The van der Waals surface area contributed by atoms with Gasteiger partial charge in [-0.2, -0.15) is 5.10 Å². The number of carbonyl (C=O) groups excluding carboxylic acids is 1. The number of non-ortho nitro benzene ring substituents is 1. The Balaban J connectivity index is 1.75. The van der Waals surface area contributed by atoms with Crippen LogP contribution < -0.4 is 5.43 Å². The Morgan fingerprint density at radius 3 is 2.59 bits per heavy atom. The van der Waals surface area contributed by atoms with Crippen LogP contribution in [0.15, 0.2) is 47.6 Å². The van der Waals surface area contributed by atoms with Crippen LogP contribution in [0.5, 0.6) is 0 Å². The van der Waals surface area contributed by atoms with Crippen molar-refractivity contribution in [3.05, 3.63) is 78.7 Å². The molecule has 0 bridgehead atoms. The second-order valence-corrected chi connectivity index (χ2v) is 6.68. The number of hydrazone groups is 1. The highest BCUT2D eigenvalue weighted by Gasteiger charge is 2.13. The van der Waals surface area contributed by atoms with Crippen molar-refractivity contribution in [2.45, 2.75) is 6.92 Å². The van der Waals surface area contributed by atoms with Crippen molar-refractivity contribution in [3.63, 3.8) is 0 Å². The zero-order chi connectivity index (χ0) is 19.6. The number of aryl methyl sites for hydroxylation is 1. The van der Waals surface area contributed by atoms with Crippen molar-refractivity contribution < 1.29 is 14.6 Å². The summed E-state index contributed by atoms with van der Waals surface area (Å²) in [4.78, 5) is 33.3. The van der Waals surface area contributed by atoms with Gasteiger partial charge in [0.25, 0.3) is 17.3 Å². The molecule has 3 rings (SSSR count). The summed E-state index contributed by atoms with van der Waals surface area (Å²) in [6.07, 6.45) is 1.31. The molecule has 3 aromatic rings. The molecule has 0 radical (unpaired) electrons. The number of nitro benzene ring substituents is 2. The summed E-state index contributed by atoms with van der Waals surface area (Å²) in [7, 11) is 0. The van der Waals surface area contributed by atoms with E-state index in [1.165, 1.54) is 35.8 Å². The third kappa shape index (κ3) is 3.96. The van der Waals surface area contributed by atoms with Gasteiger partial charge in [-0.15, -0.1) is 11.3 Å². The number of hydrogen-bond donors (Lipinski definition) is 1. The summed E-state index contributed by atoms with van der Waals surface area (Å²) >= 11 is 1.18. The molecule has 0 atom stereocenters. The van der Waals surface area contributed by atoms with Gasteiger partial charge in [0.05, 0.1) is 20.9 Å². The van der Waals surface area contributed by atoms with Crippen LogP contribution in [-0.4, -0.2) is 22.0 Å². The second-order valence-electron chi connectivity index (χ2n) is 5.59. The van der Waals surface area contributed by atoms with Crippen molar-refractivity contribution in [1.82, 2.24) is 5.43 Å². The lowest BCUT2D eigenvalue weighted by Crippen LogP contribution is -2.16. The number of amides is 1. The van der Waals surface area contributed by atoms with Crippen molar-refractivity contribution >= 4 is 44.9 Å². The Labute approximate surface area is 156 Å². The van der Waals surface area contributed by atoms with Crippen LogP contribution in [0.1, 0.15) is 20.8 Å². The minimum atomic E-state index is -0.498. The normalized spacial score (nSPS) is 11.0. The molecule has 2 aromatic carbocycles. The van der Waals surface area contributed by atoms with E-state index >= 15 is 0 Å². The molecule has 0 saturated heterocycles. The van der Waals surface area contributed by atoms with E-state index in [0.29, 0.717) is 21.4 Å². The number of nitrogens with zero attached hydrogens (tertiary/aromatic N) is 3. The fourth-order valence-corrected chi connectivity index (χ4v) is 3.31. The van der Waals surface area contributed by atoms with Gasteiger partial charge in [-0.1, -0.05) is 12.1 Å².